The first kappa shape index (κ1) is 7.51. The van der Waals surface area contributed by atoms with Gasteiger partial charge in [-0.15, -0.1) is 0 Å². The van der Waals surface area contributed by atoms with Crippen LogP contribution < -0.4 is 0 Å². The minimum absolute atomic E-state index is 0.107. The first-order chi connectivity index (χ1) is 4.93. The van der Waals surface area contributed by atoms with Crippen molar-refractivity contribution in [3.05, 3.63) is 24.3 Å². The van der Waals surface area contributed by atoms with Gasteiger partial charge in [0.2, 0.25) is 0 Å². The molecule has 0 unspecified atom stereocenters. The second-order valence-electron chi connectivity index (χ2n) is 2.39. The fraction of sp³-hybridized carbons (Fsp3) is 0.500. The van der Waals surface area contributed by atoms with E-state index in [1.165, 1.54) is 0 Å². The molecule has 1 aliphatic carbocycles. The molecule has 0 spiro atoms. The molecule has 1 atom stereocenters. The van der Waals surface area contributed by atoms with Crippen molar-refractivity contribution in [2.24, 2.45) is 0 Å². The zero-order valence-corrected chi connectivity index (χ0v) is 5.86. The topological polar surface area (TPSA) is 29.5 Å². The highest BCUT2D eigenvalue weighted by atomic mass is 17.1. The van der Waals surface area contributed by atoms with Gasteiger partial charge < -0.3 is 0 Å². The molecule has 0 saturated heterocycles. The lowest BCUT2D eigenvalue weighted by Gasteiger charge is -2.07. The van der Waals surface area contributed by atoms with E-state index in [1.54, 1.807) is 0 Å². The number of rotatable bonds is 1. The van der Waals surface area contributed by atoms with Crippen molar-refractivity contribution in [1.82, 2.24) is 0 Å². The fourth-order valence-corrected chi connectivity index (χ4v) is 0.984. The van der Waals surface area contributed by atoms with Crippen LogP contribution in [0.2, 0.25) is 0 Å². The van der Waals surface area contributed by atoms with Gasteiger partial charge in [-0.3, -0.25) is 5.26 Å². The fourth-order valence-electron chi connectivity index (χ4n) is 0.984. The standard InChI is InChI=1S/C8H12O2/c9-10-8-6-4-2-1-3-5-7-8/h1-2,4,6,8-9H,3,5,7H2/t8-/m1/s1. The molecule has 10 heavy (non-hydrogen) atoms. The van der Waals surface area contributed by atoms with Crippen LogP contribution in [-0.4, -0.2) is 11.4 Å². The average molecular weight is 140 g/mol. The van der Waals surface area contributed by atoms with Gasteiger partial charge in [-0.25, -0.2) is 4.89 Å². The molecular formula is C8H12O2. The maximum atomic E-state index is 8.33. The van der Waals surface area contributed by atoms with Crippen molar-refractivity contribution in [3.8, 4) is 0 Å². The Kier molecular flexibility index (Phi) is 3.19. The molecule has 0 saturated carbocycles. The van der Waals surface area contributed by atoms with Crippen molar-refractivity contribution in [1.29, 1.82) is 0 Å². The highest BCUT2D eigenvalue weighted by Crippen LogP contribution is 2.08. The molecule has 56 valence electrons. The maximum absolute atomic E-state index is 8.33. The summed E-state index contributed by atoms with van der Waals surface area (Å²) >= 11 is 0. The summed E-state index contributed by atoms with van der Waals surface area (Å²) in [6.45, 7) is 0. The van der Waals surface area contributed by atoms with Crippen LogP contribution in [0, 0.1) is 0 Å². The van der Waals surface area contributed by atoms with Gasteiger partial charge in [0.1, 0.15) is 6.10 Å². The third-order valence-corrected chi connectivity index (χ3v) is 1.57. The van der Waals surface area contributed by atoms with Crippen molar-refractivity contribution in [2.45, 2.75) is 25.4 Å². The molecule has 0 bridgehead atoms. The summed E-state index contributed by atoms with van der Waals surface area (Å²) in [5, 5.41) is 8.33. The number of hydrogen-bond donors (Lipinski definition) is 1. The smallest absolute Gasteiger partial charge is 0.111 e. The van der Waals surface area contributed by atoms with E-state index in [2.05, 4.69) is 11.0 Å². The van der Waals surface area contributed by atoms with E-state index in [-0.39, 0.29) is 6.10 Å². The molecule has 2 heteroatoms. The second-order valence-corrected chi connectivity index (χ2v) is 2.39. The van der Waals surface area contributed by atoms with Crippen molar-refractivity contribution in [3.63, 3.8) is 0 Å². The van der Waals surface area contributed by atoms with Gasteiger partial charge in [0, 0.05) is 0 Å². The third kappa shape index (κ3) is 2.33. The van der Waals surface area contributed by atoms with Crippen molar-refractivity contribution in [2.75, 3.05) is 0 Å². The van der Waals surface area contributed by atoms with Crippen LogP contribution in [0.5, 0.6) is 0 Å². The zero-order valence-electron chi connectivity index (χ0n) is 5.86. The lowest BCUT2D eigenvalue weighted by atomic mass is 10.1. The molecule has 0 aromatic carbocycles. The first-order valence-corrected chi connectivity index (χ1v) is 3.57. The van der Waals surface area contributed by atoms with Crippen LogP contribution >= 0.6 is 0 Å². The Morgan fingerprint density at radius 3 is 3.10 bits per heavy atom. The molecule has 0 aliphatic heterocycles. The van der Waals surface area contributed by atoms with E-state index in [0.29, 0.717) is 0 Å². The molecule has 0 aromatic rings. The minimum atomic E-state index is -0.107. The van der Waals surface area contributed by atoms with E-state index in [1.807, 2.05) is 18.2 Å². The molecule has 0 radical (unpaired) electrons. The molecule has 2 nitrogen and oxygen atoms in total. The molecule has 0 aromatic heterocycles. The van der Waals surface area contributed by atoms with Gasteiger partial charge in [0.05, 0.1) is 0 Å². The van der Waals surface area contributed by atoms with Gasteiger partial charge in [0.25, 0.3) is 0 Å². The minimum Gasteiger partial charge on any atom is -0.251 e. The van der Waals surface area contributed by atoms with E-state index in [9.17, 15) is 0 Å². The summed E-state index contributed by atoms with van der Waals surface area (Å²) in [5.74, 6) is 0. The van der Waals surface area contributed by atoms with E-state index < -0.39 is 0 Å². The van der Waals surface area contributed by atoms with Crippen LogP contribution in [-0.2, 0) is 4.89 Å². The second kappa shape index (κ2) is 4.25. The first-order valence-electron chi connectivity index (χ1n) is 3.57. The van der Waals surface area contributed by atoms with Crippen LogP contribution in [0.3, 0.4) is 0 Å². The van der Waals surface area contributed by atoms with Crippen LogP contribution in [0.4, 0.5) is 0 Å². The number of hydrogen-bond acceptors (Lipinski definition) is 2. The SMILES string of the molecule is OO[C@@H]1C=CC=CCCC1. The summed E-state index contributed by atoms with van der Waals surface area (Å²) in [5.41, 5.74) is 0. The molecule has 1 aliphatic rings. The van der Waals surface area contributed by atoms with E-state index >= 15 is 0 Å². The Labute approximate surface area is 60.7 Å². The molecule has 0 fully saturated rings. The summed E-state index contributed by atoms with van der Waals surface area (Å²) in [6.07, 6.45) is 10.8. The van der Waals surface area contributed by atoms with Gasteiger partial charge in [-0.2, -0.15) is 0 Å². The lowest BCUT2D eigenvalue weighted by molar-refractivity contribution is -0.267. The Morgan fingerprint density at radius 1 is 1.40 bits per heavy atom. The summed E-state index contributed by atoms with van der Waals surface area (Å²) in [6, 6.07) is 0. The third-order valence-electron chi connectivity index (χ3n) is 1.57. The summed E-state index contributed by atoms with van der Waals surface area (Å²) < 4.78 is 0. The average Bonchev–Trinajstić information content (AvgIpc) is 1.87. The van der Waals surface area contributed by atoms with Gasteiger partial charge in [-0.05, 0) is 19.3 Å². The van der Waals surface area contributed by atoms with E-state index in [0.717, 1.165) is 19.3 Å². The molecule has 1 rings (SSSR count). The highest BCUT2D eigenvalue weighted by Gasteiger charge is 2.03. The van der Waals surface area contributed by atoms with Crippen LogP contribution in [0.1, 0.15) is 19.3 Å². The summed E-state index contributed by atoms with van der Waals surface area (Å²) in [4.78, 5) is 4.21. The van der Waals surface area contributed by atoms with Crippen LogP contribution in [0.15, 0.2) is 24.3 Å². The monoisotopic (exact) mass is 140 g/mol. The van der Waals surface area contributed by atoms with Gasteiger partial charge in [0.15, 0.2) is 0 Å². The Morgan fingerprint density at radius 2 is 2.30 bits per heavy atom. The van der Waals surface area contributed by atoms with Gasteiger partial charge >= 0.3 is 0 Å². The Hall–Kier alpha value is -0.600. The summed E-state index contributed by atoms with van der Waals surface area (Å²) in [7, 11) is 0. The van der Waals surface area contributed by atoms with Crippen molar-refractivity contribution >= 4 is 0 Å². The van der Waals surface area contributed by atoms with Gasteiger partial charge in [-0.1, -0.05) is 24.3 Å². The number of allylic oxidation sites excluding steroid dienone is 3. The predicted molar refractivity (Wildman–Crippen MR) is 39.6 cm³/mol. The molecule has 0 heterocycles. The molecule has 1 N–H and O–H groups in total. The predicted octanol–water partition coefficient (Wildman–Crippen LogP) is 2.14. The van der Waals surface area contributed by atoms with E-state index in [4.69, 9.17) is 5.26 Å². The largest absolute Gasteiger partial charge is 0.251 e. The lowest BCUT2D eigenvalue weighted by Crippen LogP contribution is -2.06. The Balaban J connectivity index is 2.43. The molecule has 0 amide bonds. The van der Waals surface area contributed by atoms with Crippen molar-refractivity contribution < 1.29 is 10.1 Å². The molecular weight excluding hydrogens is 128 g/mol. The highest BCUT2D eigenvalue weighted by molar-refractivity contribution is 5.06. The quantitative estimate of drug-likeness (QED) is 0.446. The zero-order chi connectivity index (χ0) is 7.23. The Bertz CT molecular complexity index is 138. The van der Waals surface area contributed by atoms with Crippen LogP contribution in [0.25, 0.3) is 0 Å². The normalized spacial score (nSPS) is 25.9. The maximum Gasteiger partial charge on any atom is 0.111 e.